The van der Waals surface area contributed by atoms with Gasteiger partial charge in [0, 0.05) is 24.0 Å². The highest BCUT2D eigenvalue weighted by Crippen LogP contribution is 2.16. The lowest BCUT2D eigenvalue weighted by atomic mass is 10.2. The molecule has 0 aromatic carbocycles. The van der Waals surface area contributed by atoms with Crippen LogP contribution in [0, 0.1) is 0 Å². The van der Waals surface area contributed by atoms with Crippen molar-refractivity contribution in [3.63, 3.8) is 0 Å². The van der Waals surface area contributed by atoms with Crippen molar-refractivity contribution in [2.24, 2.45) is 0 Å². The van der Waals surface area contributed by atoms with Crippen LogP contribution in [-0.4, -0.2) is 14.8 Å². The van der Waals surface area contributed by atoms with E-state index < -0.39 is 0 Å². The third kappa shape index (κ3) is 1.66. The first-order valence-corrected chi connectivity index (χ1v) is 4.73. The smallest absolute Gasteiger partial charge is 0.0733 e. The third-order valence-corrected chi connectivity index (χ3v) is 2.09. The number of hydrogen-bond acceptors (Lipinski definition) is 2. The number of pyridine rings is 1. The van der Waals surface area contributed by atoms with Gasteiger partial charge in [-0.05, 0) is 26.0 Å². The highest BCUT2D eigenvalue weighted by molar-refractivity contribution is 5.56. The largest absolute Gasteiger partial charge is 0.270 e. The molecule has 3 heteroatoms. The number of nitrogens with zero attached hydrogens (tertiary/aromatic N) is 3. The molecule has 2 rings (SSSR count). The second-order valence-electron chi connectivity index (χ2n) is 3.52. The molecule has 0 unspecified atom stereocenters. The lowest BCUT2D eigenvalue weighted by Gasteiger charge is -2.02. The van der Waals surface area contributed by atoms with Crippen molar-refractivity contribution in [3.05, 3.63) is 36.8 Å². The second kappa shape index (κ2) is 3.62. The van der Waals surface area contributed by atoms with E-state index in [1.54, 1.807) is 6.20 Å². The van der Waals surface area contributed by atoms with E-state index in [-0.39, 0.29) is 0 Å². The van der Waals surface area contributed by atoms with Gasteiger partial charge in [-0.25, -0.2) is 0 Å². The average Bonchev–Trinajstić information content (AvgIpc) is 2.68. The van der Waals surface area contributed by atoms with E-state index in [4.69, 9.17) is 0 Å². The molecule has 0 aliphatic carbocycles. The first-order valence-electron chi connectivity index (χ1n) is 4.73. The van der Waals surface area contributed by atoms with Crippen LogP contribution in [0.1, 0.15) is 19.9 Å². The zero-order valence-electron chi connectivity index (χ0n) is 8.38. The highest BCUT2D eigenvalue weighted by Gasteiger charge is 2.03. The minimum Gasteiger partial charge on any atom is -0.270 e. The third-order valence-electron chi connectivity index (χ3n) is 2.09. The van der Waals surface area contributed by atoms with Gasteiger partial charge in [0.1, 0.15) is 0 Å². The van der Waals surface area contributed by atoms with Crippen LogP contribution in [0.15, 0.2) is 36.8 Å². The maximum atomic E-state index is 4.27. The summed E-state index contributed by atoms with van der Waals surface area (Å²) < 4.78 is 1.93. The Balaban J connectivity index is 2.34. The van der Waals surface area contributed by atoms with Crippen LogP contribution in [0.4, 0.5) is 0 Å². The van der Waals surface area contributed by atoms with E-state index in [2.05, 4.69) is 23.9 Å². The summed E-state index contributed by atoms with van der Waals surface area (Å²) in [4.78, 5) is 4.27. The van der Waals surface area contributed by atoms with Gasteiger partial charge in [-0.2, -0.15) is 5.10 Å². The zero-order chi connectivity index (χ0) is 9.97. The molecular formula is C11H13N3. The molecule has 0 saturated heterocycles. The quantitative estimate of drug-likeness (QED) is 0.723. The fourth-order valence-corrected chi connectivity index (χ4v) is 1.29. The van der Waals surface area contributed by atoms with Crippen molar-refractivity contribution in [3.8, 4) is 11.3 Å². The number of rotatable bonds is 2. The van der Waals surface area contributed by atoms with Gasteiger partial charge in [-0.15, -0.1) is 0 Å². The maximum Gasteiger partial charge on any atom is 0.0733 e. The van der Waals surface area contributed by atoms with Crippen LogP contribution < -0.4 is 0 Å². The minimum absolute atomic E-state index is 0.396. The molecule has 0 saturated carbocycles. The normalized spacial score (nSPS) is 10.8. The molecule has 2 aromatic heterocycles. The Morgan fingerprint density at radius 1 is 1.29 bits per heavy atom. The molecule has 0 bridgehead atoms. The van der Waals surface area contributed by atoms with Gasteiger partial charge in [-0.1, -0.05) is 6.07 Å². The molecule has 2 aromatic rings. The van der Waals surface area contributed by atoms with Crippen LogP contribution in [0.2, 0.25) is 0 Å². The number of hydrogen-bond donors (Lipinski definition) is 0. The summed E-state index contributed by atoms with van der Waals surface area (Å²) in [6, 6.07) is 6.28. The molecule has 0 N–H and O–H groups in total. The van der Waals surface area contributed by atoms with Gasteiger partial charge in [0.2, 0.25) is 0 Å². The Morgan fingerprint density at radius 3 is 2.71 bits per heavy atom. The summed E-state index contributed by atoms with van der Waals surface area (Å²) in [6.07, 6.45) is 5.66. The Labute approximate surface area is 83.4 Å². The molecule has 2 heterocycles. The Bertz CT molecular complexity index is 403. The number of aromatic nitrogens is 3. The summed E-state index contributed by atoms with van der Waals surface area (Å²) >= 11 is 0. The van der Waals surface area contributed by atoms with Crippen molar-refractivity contribution in [2.75, 3.05) is 0 Å². The van der Waals surface area contributed by atoms with E-state index in [0.29, 0.717) is 6.04 Å². The standard InChI is InChI=1S/C11H13N3/c1-9(2)14-8-10(7-13-14)11-5-3-4-6-12-11/h3-9H,1-2H3. The van der Waals surface area contributed by atoms with Crippen LogP contribution in [0.5, 0.6) is 0 Å². The first kappa shape index (κ1) is 8.94. The van der Waals surface area contributed by atoms with Gasteiger partial charge in [0.25, 0.3) is 0 Å². The SMILES string of the molecule is CC(C)n1cc(-c2ccccn2)cn1. The molecule has 14 heavy (non-hydrogen) atoms. The summed E-state index contributed by atoms with van der Waals surface area (Å²) in [6.45, 7) is 4.21. The van der Waals surface area contributed by atoms with Crippen LogP contribution in [-0.2, 0) is 0 Å². The highest BCUT2D eigenvalue weighted by atomic mass is 15.3. The summed E-state index contributed by atoms with van der Waals surface area (Å²) in [5.41, 5.74) is 2.04. The van der Waals surface area contributed by atoms with Gasteiger partial charge >= 0.3 is 0 Å². The van der Waals surface area contributed by atoms with Crippen molar-refractivity contribution in [2.45, 2.75) is 19.9 Å². The zero-order valence-corrected chi connectivity index (χ0v) is 8.38. The monoisotopic (exact) mass is 187 g/mol. The molecule has 0 spiro atoms. The van der Waals surface area contributed by atoms with E-state index in [1.807, 2.05) is 35.3 Å². The average molecular weight is 187 g/mol. The van der Waals surface area contributed by atoms with Gasteiger partial charge < -0.3 is 0 Å². The molecule has 3 nitrogen and oxygen atoms in total. The second-order valence-corrected chi connectivity index (χ2v) is 3.52. The predicted molar refractivity (Wildman–Crippen MR) is 55.8 cm³/mol. The summed E-state index contributed by atoms with van der Waals surface area (Å²) in [5, 5.41) is 4.27. The van der Waals surface area contributed by atoms with Crippen molar-refractivity contribution < 1.29 is 0 Å². The van der Waals surface area contributed by atoms with Crippen LogP contribution >= 0.6 is 0 Å². The fourth-order valence-electron chi connectivity index (χ4n) is 1.29. The summed E-state index contributed by atoms with van der Waals surface area (Å²) in [7, 11) is 0. The summed E-state index contributed by atoms with van der Waals surface area (Å²) in [5.74, 6) is 0. The van der Waals surface area contributed by atoms with E-state index in [1.165, 1.54) is 0 Å². The van der Waals surface area contributed by atoms with Crippen LogP contribution in [0.3, 0.4) is 0 Å². The van der Waals surface area contributed by atoms with Gasteiger partial charge in [0.15, 0.2) is 0 Å². The van der Waals surface area contributed by atoms with Gasteiger partial charge in [-0.3, -0.25) is 9.67 Å². The lowest BCUT2D eigenvalue weighted by molar-refractivity contribution is 0.532. The predicted octanol–water partition coefficient (Wildman–Crippen LogP) is 2.53. The topological polar surface area (TPSA) is 30.7 Å². The minimum atomic E-state index is 0.396. The maximum absolute atomic E-state index is 4.27. The van der Waals surface area contributed by atoms with Gasteiger partial charge in [0.05, 0.1) is 11.9 Å². The molecule has 0 fully saturated rings. The molecule has 0 aliphatic rings. The van der Waals surface area contributed by atoms with E-state index in [9.17, 15) is 0 Å². The molecule has 0 amide bonds. The molecular weight excluding hydrogens is 174 g/mol. The van der Waals surface area contributed by atoms with E-state index >= 15 is 0 Å². The first-order chi connectivity index (χ1) is 6.77. The Kier molecular flexibility index (Phi) is 2.31. The van der Waals surface area contributed by atoms with Crippen molar-refractivity contribution in [1.82, 2.24) is 14.8 Å². The van der Waals surface area contributed by atoms with Crippen molar-refractivity contribution >= 4 is 0 Å². The Morgan fingerprint density at radius 2 is 2.14 bits per heavy atom. The molecule has 0 radical (unpaired) electrons. The van der Waals surface area contributed by atoms with Crippen LogP contribution in [0.25, 0.3) is 11.3 Å². The van der Waals surface area contributed by atoms with Crippen molar-refractivity contribution in [1.29, 1.82) is 0 Å². The molecule has 0 atom stereocenters. The fraction of sp³-hybridized carbons (Fsp3) is 0.273. The molecule has 0 aliphatic heterocycles. The lowest BCUT2D eigenvalue weighted by Crippen LogP contribution is -1.99. The Hall–Kier alpha value is -1.64. The van der Waals surface area contributed by atoms with E-state index in [0.717, 1.165) is 11.3 Å². The molecule has 72 valence electrons.